The van der Waals surface area contributed by atoms with Gasteiger partial charge in [-0.15, -0.1) is 11.6 Å². The number of piperidine rings is 1. The van der Waals surface area contributed by atoms with E-state index < -0.39 is 0 Å². The second-order valence-electron chi connectivity index (χ2n) is 10.0. The number of alkyl halides is 1. The Bertz CT molecular complexity index is 774. The summed E-state index contributed by atoms with van der Waals surface area (Å²) in [4.78, 5) is 15.8. The molecule has 4 nitrogen and oxygen atoms in total. The van der Waals surface area contributed by atoms with Crippen LogP contribution in [0.15, 0.2) is 12.1 Å². The number of rotatable bonds is 8. The largest absolute Gasteiger partial charge is 0.490 e. The Morgan fingerprint density at radius 2 is 1.66 bits per heavy atom. The highest BCUT2D eigenvalue weighted by Gasteiger charge is 2.35. The van der Waals surface area contributed by atoms with Crippen LogP contribution in [0.3, 0.4) is 0 Å². The highest BCUT2D eigenvalue weighted by Crippen LogP contribution is 2.40. The minimum Gasteiger partial charge on any atom is -0.490 e. The first-order valence-electron chi connectivity index (χ1n) is 12.9. The lowest BCUT2D eigenvalue weighted by molar-refractivity contribution is 0.0890. The third kappa shape index (κ3) is 5.80. The maximum atomic E-state index is 13.2. The van der Waals surface area contributed by atoms with Crippen molar-refractivity contribution in [2.75, 3.05) is 32.8 Å². The number of nitrogens with zero attached hydrogens (tertiary/aromatic N) is 1. The third-order valence-electron chi connectivity index (χ3n) is 7.73. The summed E-state index contributed by atoms with van der Waals surface area (Å²) in [6, 6.07) is 3.97. The Morgan fingerprint density at radius 1 is 0.938 bits per heavy atom. The number of hydrogen-bond acceptors (Lipinski definition) is 4. The van der Waals surface area contributed by atoms with E-state index in [0.29, 0.717) is 36.0 Å². The maximum absolute atomic E-state index is 13.2. The molecule has 1 aromatic carbocycles. The predicted molar refractivity (Wildman–Crippen MR) is 130 cm³/mol. The predicted octanol–water partition coefficient (Wildman–Crippen LogP) is 6.13. The van der Waals surface area contributed by atoms with Crippen molar-refractivity contribution in [1.82, 2.24) is 4.90 Å². The average molecular weight is 462 g/mol. The molecule has 1 aromatic rings. The molecular formula is C27H40ClNO3. The van der Waals surface area contributed by atoms with Crippen LogP contribution >= 0.6 is 11.6 Å². The zero-order valence-corrected chi connectivity index (χ0v) is 20.7. The van der Waals surface area contributed by atoms with E-state index in [4.69, 9.17) is 21.1 Å². The van der Waals surface area contributed by atoms with E-state index in [9.17, 15) is 4.79 Å². The van der Waals surface area contributed by atoms with E-state index in [-0.39, 0.29) is 5.92 Å². The van der Waals surface area contributed by atoms with Gasteiger partial charge in [-0.2, -0.15) is 0 Å². The number of halogens is 1. The Labute approximate surface area is 199 Å². The number of fused-ring (bicyclic) bond motifs is 1. The number of Topliss-reactive ketones (excluding diaryl/α,β-unsaturated/α-hetero) is 1. The lowest BCUT2D eigenvalue weighted by Gasteiger charge is -2.35. The first kappa shape index (κ1) is 23.9. The number of carbonyl (C=O) groups is 1. The van der Waals surface area contributed by atoms with Crippen molar-refractivity contribution in [3.8, 4) is 11.5 Å². The molecule has 32 heavy (non-hydrogen) atoms. The van der Waals surface area contributed by atoms with Gasteiger partial charge in [0.25, 0.3) is 0 Å². The molecule has 0 N–H and O–H groups in total. The molecule has 3 aliphatic rings. The highest BCUT2D eigenvalue weighted by atomic mass is 35.5. The van der Waals surface area contributed by atoms with Gasteiger partial charge in [0.1, 0.15) is 0 Å². The minimum atomic E-state index is 0.121. The first-order valence-corrected chi connectivity index (χ1v) is 13.3. The van der Waals surface area contributed by atoms with Crippen molar-refractivity contribution in [1.29, 1.82) is 0 Å². The molecule has 1 aliphatic heterocycles. The van der Waals surface area contributed by atoms with E-state index in [0.717, 1.165) is 35.6 Å². The summed E-state index contributed by atoms with van der Waals surface area (Å²) >= 11 is 6.37. The van der Waals surface area contributed by atoms with Gasteiger partial charge in [-0.25, -0.2) is 0 Å². The van der Waals surface area contributed by atoms with Gasteiger partial charge in [0.05, 0.1) is 13.2 Å². The Balaban J connectivity index is 1.29. The quantitative estimate of drug-likeness (QED) is 0.345. The molecule has 0 spiro atoms. The van der Waals surface area contributed by atoms with Crippen LogP contribution in [0.4, 0.5) is 0 Å². The van der Waals surface area contributed by atoms with Crippen LogP contribution in [0, 0.1) is 17.8 Å². The van der Waals surface area contributed by atoms with E-state index in [1.54, 1.807) is 0 Å². The SMILES string of the molecule is CCOc1cc2c(cc1OCC)C(=O)C(CC1CCN(CC3CCCC(Cl)CC3)CC1)C2. The van der Waals surface area contributed by atoms with Crippen molar-refractivity contribution in [2.45, 2.75) is 77.0 Å². The minimum absolute atomic E-state index is 0.121. The molecule has 1 saturated heterocycles. The number of carbonyl (C=O) groups excluding carboxylic acids is 1. The Hall–Kier alpha value is -1.26. The number of likely N-dealkylation sites (tertiary alicyclic amines) is 1. The second kappa shape index (κ2) is 11.2. The molecule has 1 saturated carbocycles. The van der Waals surface area contributed by atoms with Crippen LogP contribution in [0.5, 0.6) is 11.5 Å². The Kier molecular flexibility index (Phi) is 8.39. The van der Waals surface area contributed by atoms with Crippen LogP contribution < -0.4 is 9.47 Å². The van der Waals surface area contributed by atoms with Crippen molar-refractivity contribution < 1.29 is 14.3 Å². The van der Waals surface area contributed by atoms with E-state index >= 15 is 0 Å². The van der Waals surface area contributed by atoms with Crippen molar-refractivity contribution >= 4 is 17.4 Å². The fourth-order valence-electron chi connectivity index (χ4n) is 5.99. The second-order valence-corrected chi connectivity index (χ2v) is 10.7. The van der Waals surface area contributed by atoms with Gasteiger partial charge in [-0.1, -0.05) is 6.42 Å². The molecule has 1 heterocycles. The summed E-state index contributed by atoms with van der Waals surface area (Å²) in [6.07, 6.45) is 10.6. The molecule has 2 fully saturated rings. The summed E-state index contributed by atoms with van der Waals surface area (Å²) in [5.74, 6) is 3.38. The van der Waals surface area contributed by atoms with Crippen LogP contribution in [0.1, 0.15) is 81.1 Å². The van der Waals surface area contributed by atoms with Crippen molar-refractivity contribution in [3.05, 3.63) is 23.3 Å². The molecule has 3 atom stereocenters. The third-order valence-corrected chi connectivity index (χ3v) is 8.17. The van der Waals surface area contributed by atoms with Gasteiger partial charge in [0.15, 0.2) is 17.3 Å². The fourth-order valence-corrected chi connectivity index (χ4v) is 6.27. The van der Waals surface area contributed by atoms with E-state index in [2.05, 4.69) is 4.90 Å². The molecule has 3 unspecified atom stereocenters. The highest BCUT2D eigenvalue weighted by molar-refractivity contribution is 6.20. The monoisotopic (exact) mass is 461 g/mol. The standard InChI is InChI=1S/C27H40ClNO3/c1-3-31-25-16-21-15-22(27(30)24(21)17-26(25)32-4-2)14-19-10-12-29(13-11-19)18-20-6-5-7-23(28)9-8-20/h16-17,19-20,22-23H,3-15,18H2,1-2H3. The maximum Gasteiger partial charge on any atom is 0.166 e. The summed E-state index contributed by atoms with van der Waals surface area (Å²) < 4.78 is 11.5. The van der Waals surface area contributed by atoms with E-state index in [1.165, 1.54) is 64.6 Å². The zero-order valence-electron chi connectivity index (χ0n) is 19.9. The smallest absolute Gasteiger partial charge is 0.166 e. The molecule has 2 aliphatic carbocycles. The fraction of sp³-hybridized carbons (Fsp3) is 0.741. The van der Waals surface area contributed by atoms with Gasteiger partial charge >= 0.3 is 0 Å². The zero-order chi connectivity index (χ0) is 22.5. The number of benzene rings is 1. The molecule has 5 heteroatoms. The van der Waals surface area contributed by atoms with Crippen LogP contribution in [0.25, 0.3) is 0 Å². The summed E-state index contributed by atoms with van der Waals surface area (Å²) in [7, 11) is 0. The topological polar surface area (TPSA) is 38.8 Å². The average Bonchev–Trinajstić information content (AvgIpc) is 2.93. The van der Waals surface area contributed by atoms with Gasteiger partial charge in [0, 0.05) is 23.4 Å². The van der Waals surface area contributed by atoms with Gasteiger partial charge in [-0.05, 0) is 108 Å². The lowest BCUT2D eigenvalue weighted by atomic mass is 9.85. The van der Waals surface area contributed by atoms with Gasteiger partial charge in [0.2, 0.25) is 0 Å². The number of ketones is 1. The molecule has 0 amide bonds. The molecule has 0 radical (unpaired) electrons. The first-order chi connectivity index (χ1) is 15.6. The van der Waals surface area contributed by atoms with Crippen LogP contribution in [-0.2, 0) is 6.42 Å². The number of ether oxygens (including phenoxy) is 2. The summed E-state index contributed by atoms with van der Waals surface area (Å²) in [6.45, 7) is 8.72. The summed E-state index contributed by atoms with van der Waals surface area (Å²) in [5, 5.41) is 0.396. The van der Waals surface area contributed by atoms with Gasteiger partial charge in [-0.3, -0.25) is 4.79 Å². The molecular weight excluding hydrogens is 422 g/mol. The van der Waals surface area contributed by atoms with Gasteiger partial charge < -0.3 is 14.4 Å². The van der Waals surface area contributed by atoms with Crippen molar-refractivity contribution in [2.24, 2.45) is 17.8 Å². The normalized spacial score (nSPS) is 27.2. The van der Waals surface area contributed by atoms with Crippen molar-refractivity contribution in [3.63, 3.8) is 0 Å². The van der Waals surface area contributed by atoms with Crippen LogP contribution in [0.2, 0.25) is 0 Å². The van der Waals surface area contributed by atoms with Crippen LogP contribution in [-0.4, -0.2) is 48.9 Å². The lowest BCUT2D eigenvalue weighted by Crippen LogP contribution is -2.37. The Morgan fingerprint density at radius 3 is 2.38 bits per heavy atom. The molecule has 0 bridgehead atoms. The molecule has 178 valence electrons. The van der Waals surface area contributed by atoms with E-state index in [1.807, 2.05) is 26.0 Å². The molecule has 0 aromatic heterocycles. The molecule has 4 rings (SSSR count). The number of hydrogen-bond donors (Lipinski definition) is 0. The summed E-state index contributed by atoms with van der Waals surface area (Å²) in [5.41, 5.74) is 1.99.